The Morgan fingerprint density at radius 1 is 1.32 bits per heavy atom. The van der Waals surface area contributed by atoms with Crippen LogP contribution in [0.15, 0.2) is 29.2 Å². The van der Waals surface area contributed by atoms with Gasteiger partial charge in [0.25, 0.3) is 11.5 Å². The van der Waals surface area contributed by atoms with Crippen molar-refractivity contribution in [1.82, 2.24) is 9.88 Å². The van der Waals surface area contributed by atoms with E-state index in [4.69, 9.17) is 9.84 Å². The third-order valence-corrected chi connectivity index (χ3v) is 3.87. The molecule has 0 atom stereocenters. The van der Waals surface area contributed by atoms with E-state index in [1.54, 1.807) is 24.4 Å². The quantitative estimate of drug-likeness (QED) is 0.653. The standard InChI is InChI=1S/C16H15N3O6/c20-12(21)5-18-15(23)13-14(22)10-7-25-8-11(10)19(16(13)24)6-9-3-1-2-4-17-9/h1-4,22H,5-8H2,(H,18,23)(H,20,21)/p+1. The van der Waals surface area contributed by atoms with Crippen LogP contribution in [0.5, 0.6) is 5.75 Å². The molecule has 1 aliphatic rings. The van der Waals surface area contributed by atoms with Crippen LogP contribution in [0.2, 0.25) is 0 Å². The first-order valence-electron chi connectivity index (χ1n) is 7.50. The normalized spacial score (nSPS) is 12.6. The largest absolute Gasteiger partial charge is 0.506 e. The molecular formula is C16H16N3O6+. The molecule has 0 unspecified atom stereocenters. The summed E-state index contributed by atoms with van der Waals surface area (Å²) in [5.74, 6) is -2.66. The highest BCUT2D eigenvalue weighted by molar-refractivity contribution is 5.98. The summed E-state index contributed by atoms with van der Waals surface area (Å²) in [6, 6.07) is 5.38. The Hall–Kier alpha value is -3.20. The van der Waals surface area contributed by atoms with E-state index in [0.717, 1.165) is 5.69 Å². The van der Waals surface area contributed by atoms with E-state index in [1.165, 1.54) is 4.57 Å². The van der Waals surface area contributed by atoms with Crippen molar-refractivity contribution in [2.45, 2.75) is 19.8 Å². The number of carbonyl (C=O) groups is 2. The van der Waals surface area contributed by atoms with Crippen molar-refractivity contribution in [3.05, 3.63) is 57.3 Å². The summed E-state index contributed by atoms with van der Waals surface area (Å²) in [6.07, 6.45) is 1.71. The van der Waals surface area contributed by atoms with Crippen LogP contribution in [0.3, 0.4) is 0 Å². The average molecular weight is 346 g/mol. The maximum absolute atomic E-state index is 12.8. The SMILES string of the molecule is O=C(O)CNC(=O)c1c(O)c2c(n(Cc3cccc[nH+]3)c1=O)COC2. The average Bonchev–Trinajstić information content (AvgIpc) is 3.08. The van der Waals surface area contributed by atoms with Gasteiger partial charge in [0.1, 0.15) is 24.4 Å². The van der Waals surface area contributed by atoms with E-state index in [0.29, 0.717) is 11.3 Å². The summed E-state index contributed by atoms with van der Waals surface area (Å²) < 4.78 is 6.66. The van der Waals surface area contributed by atoms with Crippen molar-refractivity contribution in [1.29, 1.82) is 0 Å². The molecule has 2 aromatic rings. The van der Waals surface area contributed by atoms with Gasteiger partial charge in [0.15, 0.2) is 11.9 Å². The molecule has 0 saturated carbocycles. The Bertz CT molecular complexity index is 891. The monoisotopic (exact) mass is 346 g/mol. The summed E-state index contributed by atoms with van der Waals surface area (Å²) in [7, 11) is 0. The number of pyridine rings is 2. The van der Waals surface area contributed by atoms with Gasteiger partial charge in [-0.15, -0.1) is 0 Å². The van der Waals surface area contributed by atoms with E-state index in [-0.39, 0.29) is 19.8 Å². The Balaban J connectivity index is 2.07. The second kappa shape index (κ2) is 6.73. The molecule has 2 aromatic heterocycles. The molecule has 25 heavy (non-hydrogen) atoms. The second-order valence-electron chi connectivity index (χ2n) is 5.50. The van der Waals surface area contributed by atoms with Crippen molar-refractivity contribution in [2.75, 3.05) is 6.54 Å². The number of aromatic nitrogens is 2. The van der Waals surface area contributed by atoms with E-state index in [9.17, 15) is 19.5 Å². The fraction of sp³-hybridized carbons (Fsp3) is 0.250. The van der Waals surface area contributed by atoms with Crippen molar-refractivity contribution < 1.29 is 29.5 Å². The van der Waals surface area contributed by atoms with Gasteiger partial charge in [0.2, 0.25) is 0 Å². The van der Waals surface area contributed by atoms with Crippen molar-refractivity contribution >= 4 is 11.9 Å². The topological polar surface area (TPSA) is 132 Å². The zero-order valence-corrected chi connectivity index (χ0v) is 13.1. The van der Waals surface area contributed by atoms with Gasteiger partial charge in [-0.25, -0.2) is 4.98 Å². The van der Waals surface area contributed by atoms with Gasteiger partial charge in [0.05, 0.1) is 18.9 Å². The number of nitrogens with zero attached hydrogens (tertiary/aromatic N) is 1. The van der Waals surface area contributed by atoms with Crippen LogP contribution < -0.4 is 15.9 Å². The molecule has 9 nitrogen and oxygen atoms in total. The molecule has 1 aliphatic heterocycles. The number of carbonyl (C=O) groups excluding carboxylic acids is 1. The van der Waals surface area contributed by atoms with Crippen molar-refractivity contribution in [3.8, 4) is 5.75 Å². The van der Waals surface area contributed by atoms with Crippen LogP contribution in [0, 0.1) is 0 Å². The highest BCUT2D eigenvalue weighted by atomic mass is 16.5. The van der Waals surface area contributed by atoms with Crippen molar-refractivity contribution in [2.24, 2.45) is 0 Å². The Labute approximate surface area is 141 Å². The Morgan fingerprint density at radius 2 is 2.12 bits per heavy atom. The third-order valence-electron chi connectivity index (χ3n) is 3.87. The number of nitrogens with one attached hydrogen (secondary N) is 2. The fourth-order valence-corrected chi connectivity index (χ4v) is 2.69. The number of amides is 1. The Morgan fingerprint density at radius 3 is 2.80 bits per heavy atom. The van der Waals surface area contributed by atoms with Crippen LogP contribution in [0.1, 0.15) is 27.3 Å². The molecule has 0 bridgehead atoms. The molecule has 0 spiro atoms. The zero-order valence-electron chi connectivity index (χ0n) is 13.1. The van der Waals surface area contributed by atoms with Gasteiger partial charge in [-0.1, -0.05) is 6.07 Å². The first-order valence-corrected chi connectivity index (χ1v) is 7.50. The van der Waals surface area contributed by atoms with Crippen LogP contribution in [-0.4, -0.2) is 33.2 Å². The number of hydrogen-bond acceptors (Lipinski definition) is 5. The predicted molar refractivity (Wildman–Crippen MR) is 82.9 cm³/mol. The van der Waals surface area contributed by atoms with E-state index in [2.05, 4.69) is 10.3 Å². The smallest absolute Gasteiger partial charge is 0.322 e. The van der Waals surface area contributed by atoms with E-state index < -0.39 is 35.3 Å². The van der Waals surface area contributed by atoms with Crippen molar-refractivity contribution in [3.63, 3.8) is 0 Å². The first kappa shape index (κ1) is 16.7. The van der Waals surface area contributed by atoms with Gasteiger partial charge in [-0.3, -0.25) is 19.0 Å². The number of hydrogen-bond donors (Lipinski definition) is 3. The lowest BCUT2D eigenvalue weighted by molar-refractivity contribution is -0.390. The van der Waals surface area contributed by atoms with Gasteiger partial charge in [-0.05, 0) is 0 Å². The molecule has 3 rings (SSSR count). The first-order chi connectivity index (χ1) is 12.0. The molecule has 4 N–H and O–H groups in total. The highest BCUT2D eigenvalue weighted by Crippen LogP contribution is 2.29. The summed E-state index contributed by atoms with van der Waals surface area (Å²) in [5, 5.41) is 21.1. The van der Waals surface area contributed by atoms with Crippen LogP contribution in [0.25, 0.3) is 0 Å². The van der Waals surface area contributed by atoms with E-state index >= 15 is 0 Å². The van der Waals surface area contributed by atoms with Gasteiger partial charge >= 0.3 is 5.97 Å². The molecule has 0 saturated heterocycles. The van der Waals surface area contributed by atoms with Crippen LogP contribution >= 0.6 is 0 Å². The number of H-pyrrole nitrogens is 1. The predicted octanol–water partition coefficient (Wildman–Crippen LogP) is -0.739. The minimum atomic E-state index is -1.25. The summed E-state index contributed by atoms with van der Waals surface area (Å²) >= 11 is 0. The van der Waals surface area contributed by atoms with E-state index in [1.807, 2.05) is 0 Å². The Kier molecular flexibility index (Phi) is 4.48. The zero-order chi connectivity index (χ0) is 18.0. The summed E-state index contributed by atoms with van der Waals surface area (Å²) in [6.45, 7) is -0.288. The van der Waals surface area contributed by atoms with Gasteiger partial charge < -0.3 is 20.3 Å². The molecule has 3 heterocycles. The number of carboxylic acid groups (broad SMARTS) is 1. The molecule has 0 radical (unpaired) electrons. The maximum Gasteiger partial charge on any atom is 0.322 e. The van der Waals surface area contributed by atoms with Gasteiger partial charge in [-0.2, -0.15) is 0 Å². The number of aliphatic carboxylic acids is 1. The molecule has 0 aliphatic carbocycles. The molecule has 9 heteroatoms. The van der Waals surface area contributed by atoms with Crippen LogP contribution in [-0.2, 0) is 29.3 Å². The highest BCUT2D eigenvalue weighted by Gasteiger charge is 2.29. The fourth-order valence-electron chi connectivity index (χ4n) is 2.69. The lowest BCUT2D eigenvalue weighted by Gasteiger charge is -2.14. The summed E-state index contributed by atoms with van der Waals surface area (Å²) in [4.78, 5) is 38.6. The second-order valence-corrected chi connectivity index (χ2v) is 5.50. The minimum absolute atomic E-state index is 0.0686. The molecule has 130 valence electrons. The number of carboxylic acids is 1. The third kappa shape index (κ3) is 3.22. The van der Waals surface area contributed by atoms with Crippen LogP contribution in [0.4, 0.5) is 0 Å². The molecular weight excluding hydrogens is 330 g/mol. The lowest BCUT2D eigenvalue weighted by Crippen LogP contribution is -2.37. The molecule has 0 aromatic carbocycles. The number of aromatic amines is 1. The number of rotatable bonds is 5. The molecule has 0 fully saturated rings. The van der Waals surface area contributed by atoms with Gasteiger partial charge in [0, 0.05) is 17.7 Å². The maximum atomic E-state index is 12.8. The number of ether oxygens (including phenoxy) is 1. The summed E-state index contributed by atoms with van der Waals surface area (Å²) in [5.41, 5.74) is 0.384. The minimum Gasteiger partial charge on any atom is -0.506 e. The lowest BCUT2D eigenvalue weighted by atomic mass is 10.1. The molecule has 1 amide bonds. The number of aromatic hydroxyl groups is 1. The number of fused-ring (bicyclic) bond motifs is 1.